The van der Waals surface area contributed by atoms with Gasteiger partial charge in [-0.2, -0.15) is 0 Å². The second-order valence-electron chi connectivity index (χ2n) is 22.2. The molecule has 0 atom stereocenters. The Balaban J connectivity index is 0.848. The predicted octanol–water partition coefficient (Wildman–Crippen LogP) is 20.3. The van der Waals surface area contributed by atoms with Gasteiger partial charge in [0.05, 0.1) is 11.0 Å². The second-order valence-corrected chi connectivity index (χ2v) is 22.2. The first-order valence-corrected chi connectivity index (χ1v) is 29.1. The Kier molecular flexibility index (Phi) is 13.6. The van der Waals surface area contributed by atoms with Crippen molar-refractivity contribution in [2.24, 2.45) is 9.98 Å². The molecular formula is C79H62N6. The van der Waals surface area contributed by atoms with E-state index in [0.29, 0.717) is 0 Å². The third kappa shape index (κ3) is 9.54. The van der Waals surface area contributed by atoms with Crippen molar-refractivity contribution >= 4 is 73.3 Å². The molecule has 0 saturated heterocycles. The van der Waals surface area contributed by atoms with Crippen LogP contribution in [0.15, 0.2) is 313 Å². The molecule has 0 unspecified atom stereocenters. The normalized spacial score (nSPS) is 12.7. The lowest BCUT2D eigenvalue weighted by atomic mass is 9.81. The summed E-state index contributed by atoms with van der Waals surface area (Å²) in [4.78, 5) is 16.9. The van der Waals surface area contributed by atoms with Crippen LogP contribution in [0.4, 0.5) is 39.8 Å². The maximum absolute atomic E-state index is 5.01. The van der Waals surface area contributed by atoms with Crippen molar-refractivity contribution < 1.29 is 0 Å². The molecule has 85 heavy (non-hydrogen) atoms. The summed E-state index contributed by atoms with van der Waals surface area (Å²) in [7, 11) is 3.78. The van der Waals surface area contributed by atoms with E-state index in [1.165, 1.54) is 38.8 Å². The quantitative estimate of drug-likeness (QED) is 0.0904. The first kappa shape index (κ1) is 52.3. The highest BCUT2D eigenvalue weighted by Gasteiger charge is 2.37. The van der Waals surface area contributed by atoms with Crippen LogP contribution in [0.2, 0.25) is 0 Å². The standard InChI is InChI=1S/C79H62N6/c1-79(2)73-53-60(78(81-4)84(63-29-17-8-18-30-63)64-31-19-9-20-32-64)39-47-69(73)70-48-46-68(54-74(70)79)82(66-42-35-56(36-43-66)55-23-11-5-12-24-55)67-44-37-57(38-45-67)58-40-49-75-71(51-58)72-52-59(41-50-76(72)85(75)65-33-21-10-22-34-65)77(80-3)83(61-25-13-6-14-26-61)62-27-15-7-16-28-62/h5-54H,1-4H3/b80-77+,81-78+. The molecule has 14 rings (SSSR count). The Labute approximate surface area is 497 Å². The number of fused-ring (bicyclic) bond motifs is 6. The molecule has 0 fully saturated rings. The van der Waals surface area contributed by atoms with Crippen LogP contribution in [-0.4, -0.2) is 30.3 Å². The van der Waals surface area contributed by atoms with E-state index in [9.17, 15) is 0 Å². The van der Waals surface area contributed by atoms with Gasteiger partial charge in [-0.1, -0.05) is 184 Å². The molecule has 1 aliphatic carbocycles. The summed E-state index contributed by atoms with van der Waals surface area (Å²) in [6.07, 6.45) is 0. The van der Waals surface area contributed by atoms with Gasteiger partial charge < -0.3 is 9.47 Å². The molecule has 6 heteroatoms. The minimum atomic E-state index is -0.316. The van der Waals surface area contributed by atoms with Gasteiger partial charge >= 0.3 is 0 Å². The smallest absolute Gasteiger partial charge is 0.139 e. The first-order valence-electron chi connectivity index (χ1n) is 29.1. The van der Waals surface area contributed by atoms with Gasteiger partial charge in [0.2, 0.25) is 0 Å². The Bertz CT molecular complexity index is 4520. The fourth-order valence-electron chi connectivity index (χ4n) is 12.7. The molecule has 0 amide bonds. The molecule has 12 aromatic carbocycles. The van der Waals surface area contributed by atoms with Crippen LogP contribution in [-0.2, 0) is 5.41 Å². The van der Waals surface area contributed by atoms with Gasteiger partial charge in [-0.05, 0) is 178 Å². The number of hydrogen-bond donors (Lipinski definition) is 0. The van der Waals surface area contributed by atoms with Gasteiger partial charge in [-0.15, -0.1) is 0 Å². The van der Waals surface area contributed by atoms with Gasteiger partial charge in [0, 0.05) is 86.9 Å². The van der Waals surface area contributed by atoms with E-state index in [1.54, 1.807) is 0 Å². The number of anilines is 7. The maximum atomic E-state index is 5.01. The van der Waals surface area contributed by atoms with Crippen LogP contribution in [0.5, 0.6) is 0 Å². The Hall–Kier alpha value is -10.8. The van der Waals surface area contributed by atoms with Crippen molar-refractivity contribution in [3.8, 4) is 39.1 Å². The Morgan fingerprint density at radius 2 is 0.682 bits per heavy atom. The van der Waals surface area contributed by atoms with Crippen molar-refractivity contribution in [3.63, 3.8) is 0 Å². The van der Waals surface area contributed by atoms with Crippen LogP contribution in [0.25, 0.3) is 60.9 Å². The van der Waals surface area contributed by atoms with Crippen molar-refractivity contribution in [2.75, 3.05) is 28.8 Å². The molecule has 0 saturated carbocycles. The minimum absolute atomic E-state index is 0.316. The number of para-hydroxylation sites is 5. The van der Waals surface area contributed by atoms with E-state index < -0.39 is 0 Å². The summed E-state index contributed by atoms with van der Waals surface area (Å²) in [6, 6.07) is 109. The number of rotatable bonds is 12. The molecule has 0 spiro atoms. The Morgan fingerprint density at radius 1 is 0.318 bits per heavy atom. The van der Waals surface area contributed by atoms with Gasteiger partial charge in [-0.25, -0.2) is 0 Å². The number of hydrogen-bond acceptors (Lipinski definition) is 3. The lowest BCUT2D eigenvalue weighted by molar-refractivity contribution is 0.660. The predicted molar refractivity (Wildman–Crippen MR) is 359 cm³/mol. The maximum Gasteiger partial charge on any atom is 0.139 e. The molecule has 0 radical (unpaired) electrons. The molecular weight excluding hydrogens is 1030 g/mol. The van der Waals surface area contributed by atoms with Gasteiger partial charge in [0.15, 0.2) is 0 Å². The highest BCUT2D eigenvalue weighted by molar-refractivity contribution is 6.19. The van der Waals surface area contributed by atoms with E-state index in [0.717, 1.165) is 95.8 Å². The third-order valence-electron chi connectivity index (χ3n) is 16.8. The number of aromatic nitrogens is 1. The molecule has 1 heterocycles. The summed E-state index contributed by atoms with van der Waals surface area (Å²) in [6.45, 7) is 4.73. The molecule has 6 nitrogen and oxygen atoms in total. The molecule has 1 aromatic heterocycles. The third-order valence-corrected chi connectivity index (χ3v) is 16.8. The van der Waals surface area contributed by atoms with E-state index in [-0.39, 0.29) is 5.41 Å². The number of benzene rings is 12. The molecule has 13 aromatic rings. The summed E-state index contributed by atoms with van der Waals surface area (Å²) in [5, 5.41) is 2.32. The summed E-state index contributed by atoms with van der Waals surface area (Å²) in [5.74, 6) is 1.75. The van der Waals surface area contributed by atoms with E-state index in [1.807, 2.05) is 14.1 Å². The van der Waals surface area contributed by atoms with Crippen LogP contribution in [0.1, 0.15) is 36.1 Å². The molecule has 0 N–H and O–H groups in total. The molecule has 408 valence electrons. The van der Waals surface area contributed by atoms with Crippen LogP contribution in [0, 0.1) is 0 Å². The SMILES string of the molecule is C/N=C(\c1ccc2c(c1)C(C)(C)c1cc(N(c3ccc(-c4ccccc4)cc3)c3ccc(-c4ccc5c(c4)c4cc(/C(=N\C)N(c6ccccc6)c6ccccc6)ccc4n5-c4ccccc4)cc3)ccc1-2)N(c1ccccc1)c1ccccc1. The minimum Gasteiger partial charge on any atom is -0.310 e. The average Bonchev–Trinajstić information content (AvgIpc) is 1.74. The first-order chi connectivity index (χ1) is 41.8. The largest absolute Gasteiger partial charge is 0.310 e. The summed E-state index contributed by atoms with van der Waals surface area (Å²) >= 11 is 0. The van der Waals surface area contributed by atoms with Crippen molar-refractivity contribution in [3.05, 3.63) is 326 Å². The number of nitrogens with zero attached hydrogens (tertiary/aromatic N) is 6. The van der Waals surface area contributed by atoms with Gasteiger partial charge in [-0.3, -0.25) is 19.8 Å². The summed E-state index contributed by atoms with van der Waals surface area (Å²) < 4.78 is 2.38. The monoisotopic (exact) mass is 1090 g/mol. The second kappa shape index (κ2) is 22.2. The highest BCUT2D eigenvalue weighted by atomic mass is 15.2. The highest BCUT2D eigenvalue weighted by Crippen LogP contribution is 2.52. The number of aliphatic imine (C=N–C) groups is 2. The van der Waals surface area contributed by atoms with Gasteiger partial charge in [0.1, 0.15) is 11.7 Å². The van der Waals surface area contributed by atoms with Crippen LogP contribution >= 0.6 is 0 Å². The fraction of sp³-hybridized carbons (Fsp3) is 0.0633. The lowest BCUT2D eigenvalue weighted by Crippen LogP contribution is -2.27. The summed E-state index contributed by atoms with van der Waals surface area (Å²) in [5.41, 5.74) is 22.3. The zero-order valence-corrected chi connectivity index (χ0v) is 48.1. The topological polar surface area (TPSA) is 39.4 Å². The molecule has 1 aliphatic rings. The zero-order valence-electron chi connectivity index (χ0n) is 48.1. The molecule has 0 aliphatic heterocycles. The van der Waals surface area contributed by atoms with E-state index >= 15 is 0 Å². The Morgan fingerprint density at radius 3 is 1.18 bits per heavy atom. The van der Waals surface area contributed by atoms with Crippen LogP contribution < -0.4 is 14.7 Å². The van der Waals surface area contributed by atoms with E-state index in [2.05, 4.69) is 336 Å². The lowest BCUT2D eigenvalue weighted by Gasteiger charge is -2.29. The van der Waals surface area contributed by atoms with E-state index in [4.69, 9.17) is 9.98 Å². The van der Waals surface area contributed by atoms with Crippen molar-refractivity contribution in [1.82, 2.24) is 4.57 Å². The number of amidine groups is 2. The zero-order chi connectivity index (χ0) is 57.4. The average molecular weight is 1100 g/mol. The fourth-order valence-corrected chi connectivity index (χ4v) is 12.7. The van der Waals surface area contributed by atoms with Crippen molar-refractivity contribution in [1.29, 1.82) is 0 Å². The van der Waals surface area contributed by atoms with Crippen LogP contribution in [0.3, 0.4) is 0 Å². The van der Waals surface area contributed by atoms with Crippen molar-refractivity contribution in [2.45, 2.75) is 19.3 Å². The van der Waals surface area contributed by atoms with Gasteiger partial charge in [0.25, 0.3) is 0 Å². The molecule has 0 bridgehead atoms.